The average molecular weight is 529 g/mol. The number of benzene rings is 2. The zero-order chi connectivity index (χ0) is 28.4. The molecule has 0 amide bonds. The van der Waals surface area contributed by atoms with E-state index in [9.17, 15) is 19.8 Å². The lowest BCUT2D eigenvalue weighted by Crippen LogP contribution is -2.28. The second-order valence-corrected chi connectivity index (χ2v) is 9.53. The van der Waals surface area contributed by atoms with Gasteiger partial charge in [-0.3, -0.25) is 9.80 Å². The number of fused-ring (bicyclic) bond motifs is 3. The quantitative estimate of drug-likeness (QED) is 0.233. The molecule has 0 aliphatic heterocycles. The summed E-state index contributed by atoms with van der Waals surface area (Å²) >= 11 is 0. The first-order valence-corrected chi connectivity index (χ1v) is 13.2. The minimum Gasteiger partial charge on any atom is -0.545 e. The number of furan rings is 1. The van der Waals surface area contributed by atoms with Crippen molar-refractivity contribution in [3.8, 4) is 0 Å². The molecule has 0 atom stereocenters. The molecule has 3 aromatic rings. The van der Waals surface area contributed by atoms with E-state index in [1.807, 2.05) is 24.3 Å². The van der Waals surface area contributed by atoms with Gasteiger partial charge in [-0.2, -0.15) is 0 Å². The number of aryl methyl sites for hydroxylation is 2. The number of carboxylic acid groups (broad SMARTS) is 2. The van der Waals surface area contributed by atoms with Crippen molar-refractivity contribution < 1.29 is 24.2 Å². The lowest BCUT2D eigenvalue weighted by Gasteiger charge is -2.22. The minimum atomic E-state index is -1.31. The predicted octanol–water partition coefficient (Wildman–Crippen LogP) is 3.53. The van der Waals surface area contributed by atoms with Crippen molar-refractivity contribution in [3.05, 3.63) is 97.1 Å². The molecule has 0 radical (unpaired) electrons. The van der Waals surface area contributed by atoms with Gasteiger partial charge in [-0.05, 0) is 79.7 Å². The fourth-order valence-corrected chi connectivity index (χ4v) is 5.12. The Hall–Kier alpha value is -3.94. The number of aromatic carboxylic acids is 2. The first-order valence-electron chi connectivity index (χ1n) is 13.2. The maximum Gasteiger partial charge on any atom is 0.136 e. The standard InChI is InChI=1S/C32H38N2O5/c1-5-15-33(16-6-2)19-9-11-23-22-28-30(26-21-24(31(35)36)13-14-27(26)39-28)25(29(23)32(37)38)12-10-20-34(17-7-3)18-8-4/h5-8,13-14,21-22H,1-4,9-12,15-20H2,(H,35,36)(H,37,38)/p-2. The molecule has 1 heterocycles. The van der Waals surface area contributed by atoms with Crippen LogP contribution >= 0.6 is 0 Å². The summed E-state index contributed by atoms with van der Waals surface area (Å²) in [7, 11) is 0. The van der Waals surface area contributed by atoms with Crippen LogP contribution < -0.4 is 10.2 Å². The van der Waals surface area contributed by atoms with E-state index in [0.717, 1.165) is 6.54 Å². The van der Waals surface area contributed by atoms with Gasteiger partial charge in [0.25, 0.3) is 0 Å². The van der Waals surface area contributed by atoms with E-state index >= 15 is 0 Å². The second-order valence-electron chi connectivity index (χ2n) is 9.53. The third kappa shape index (κ3) is 7.34. The molecule has 1 aromatic heterocycles. The lowest BCUT2D eigenvalue weighted by atomic mass is 9.90. The van der Waals surface area contributed by atoms with E-state index in [1.165, 1.54) is 12.1 Å². The van der Waals surface area contributed by atoms with Crippen LogP contribution in [-0.2, 0) is 12.8 Å². The number of rotatable bonds is 18. The van der Waals surface area contributed by atoms with Crippen LogP contribution in [0, 0.1) is 0 Å². The van der Waals surface area contributed by atoms with Gasteiger partial charge in [-0.25, -0.2) is 0 Å². The third-order valence-electron chi connectivity index (χ3n) is 6.76. The van der Waals surface area contributed by atoms with Crippen LogP contribution in [0.15, 0.2) is 79.3 Å². The Labute approximate surface area is 230 Å². The van der Waals surface area contributed by atoms with Gasteiger partial charge >= 0.3 is 0 Å². The number of carbonyl (C=O) groups excluding carboxylic acids is 2. The van der Waals surface area contributed by atoms with Gasteiger partial charge in [-0.1, -0.05) is 24.3 Å². The molecule has 3 rings (SSSR count). The van der Waals surface area contributed by atoms with Crippen LogP contribution in [0.3, 0.4) is 0 Å². The summed E-state index contributed by atoms with van der Waals surface area (Å²) in [6.45, 7) is 19.5. The first kappa shape index (κ1) is 29.6. The highest BCUT2D eigenvalue weighted by Crippen LogP contribution is 2.36. The van der Waals surface area contributed by atoms with Gasteiger partial charge in [0, 0.05) is 42.5 Å². The molecule has 2 aromatic carbocycles. The number of nitrogens with zero attached hydrogens (tertiary/aromatic N) is 2. The Kier molecular flexibility index (Phi) is 10.8. The molecular formula is C32H36N2O5-2. The summed E-state index contributed by atoms with van der Waals surface area (Å²) in [5, 5.41) is 25.3. The summed E-state index contributed by atoms with van der Waals surface area (Å²) in [5.74, 6) is -2.56. The number of carboxylic acids is 2. The van der Waals surface area contributed by atoms with Gasteiger partial charge in [0.2, 0.25) is 0 Å². The van der Waals surface area contributed by atoms with Crippen molar-refractivity contribution in [1.29, 1.82) is 0 Å². The van der Waals surface area contributed by atoms with Crippen molar-refractivity contribution in [3.63, 3.8) is 0 Å². The lowest BCUT2D eigenvalue weighted by molar-refractivity contribution is -0.256. The topological polar surface area (TPSA) is 99.9 Å². The highest BCUT2D eigenvalue weighted by Gasteiger charge is 2.20. The highest BCUT2D eigenvalue weighted by molar-refractivity contribution is 6.11. The van der Waals surface area contributed by atoms with E-state index in [0.29, 0.717) is 91.5 Å². The molecule has 0 fully saturated rings. The van der Waals surface area contributed by atoms with Crippen LogP contribution in [0.1, 0.15) is 44.7 Å². The summed E-state index contributed by atoms with van der Waals surface area (Å²) < 4.78 is 6.11. The Morgan fingerprint density at radius 2 is 1.33 bits per heavy atom. The van der Waals surface area contributed by atoms with Crippen LogP contribution in [0.2, 0.25) is 0 Å². The van der Waals surface area contributed by atoms with Crippen LogP contribution in [-0.4, -0.2) is 61.0 Å². The van der Waals surface area contributed by atoms with Crippen molar-refractivity contribution in [2.45, 2.75) is 25.7 Å². The first-order chi connectivity index (χ1) is 18.8. The molecule has 7 nitrogen and oxygen atoms in total. The molecule has 0 aliphatic carbocycles. The van der Waals surface area contributed by atoms with Crippen molar-refractivity contribution >= 4 is 33.9 Å². The molecule has 0 N–H and O–H groups in total. The van der Waals surface area contributed by atoms with Crippen LogP contribution in [0.4, 0.5) is 0 Å². The van der Waals surface area contributed by atoms with E-state index in [2.05, 4.69) is 36.1 Å². The van der Waals surface area contributed by atoms with E-state index in [-0.39, 0.29) is 11.1 Å². The molecule has 0 saturated carbocycles. The van der Waals surface area contributed by atoms with E-state index in [4.69, 9.17) is 4.42 Å². The normalized spacial score (nSPS) is 11.3. The van der Waals surface area contributed by atoms with E-state index < -0.39 is 11.9 Å². The maximum atomic E-state index is 12.6. The molecule has 7 heteroatoms. The zero-order valence-corrected chi connectivity index (χ0v) is 22.5. The van der Waals surface area contributed by atoms with Crippen LogP contribution in [0.25, 0.3) is 21.9 Å². The third-order valence-corrected chi connectivity index (χ3v) is 6.76. The largest absolute Gasteiger partial charge is 0.545 e. The summed E-state index contributed by atoms with van der Waals surface area (Å²) in [5.41, 5.74) is 2.41. The molecule has 39 heavy (non-hydrogen) atoms. The fourth-order valence-electron chi connectivity index (χ4n) is 5.12. The minimum absolute atomic E-state index is 0.00268. The molecule has 206 valence electrons. The van der Waals surface area contributed by atoms with Crippen LogP contribution in [0.5, 0.6) is 0 Å². The highest BCUT2D eigenvalue weighted by atomic mass is 16.4. The monoisotopic (exact) mass is 528 g/mol. The van der Waals surface area contributed by atoms with Crippen molar-refractivity contribution in [2.75, 3.05) is 39.3 Å². The van der Waals surface area contributed by atoms with Gasteiger partial charge in [0.05, 0.1) is 11.9 Å². The predicted molar refractivity (Wildman–Crippen MR) is 153 cm³/mol. The molecule has 0 spiro atoms. The van der Waals surface area contributed by atoms with Crippen molar-refractivity contribution in [1.82, 2.24) is 9.80 Å². The molecule has 0 saturated heterocycles. The second kappa shape index (κ2) is 14.3. The van der Waals surface area contributed by atoms with Gasteiger partial charge in [0.1, 0.15) is 11.2 Å². The van der Waals surface area contributed by atoms with Crippen molar-refractivity contribution in [2.24, 2.45) is 0 Å². The van der Waals surface area contributed by atoms with Gasteiger partial charge in [0.15, 0.2) is 0 Å². The number of hydrogen-bond acceptors (Lipinski definition) is 7. The summed E-state index contributed by atoms with van der Waals surface area (Å²) in [6.07, 6.45) is 9.65. The number of hydrogen-bond donors (Lipinski definition) is 0. The molecule has 0 bridgehead atoms. The smallest absolute Gasteiger partial charge is 0.136 e. The summed E-state index contributed by atoms with van der Waals surface area (Å²) in [6, 6.07) is 6.26. The molecule has 0 aliphatic rings. The summed E-state index contributed by atoms with van der Waals surface area (Å²) in [4.78, 5) is 28.5. The van der Waals surface area contributed by atoms with E-state index in [1.54, 1.807) is 12.1 Å². The number of carbonyl (C=O) groups is 2. The zero-order valence-electron chi connectivity index (χ0n) is 22.5. The Morgan fingerprint density at radius 1 is 0.769 bits per heavy atom. The van der Waals surface area contributed by atoms with Gasteiger partial charge < -0.3 is 24.2 Å². The Morgan fingerprint density at radius 3 is 1.85 bits per heavy atom. The molecular weight excluding hydrogens is 492 g/mol. The Balaban J connectivity index is 2.08. The maximum absolute atomic E-state index is 12.6. The SMILES string of the molecule is C=CCN(CC=C)CCCc1cc2oc3ccc(C(=O)[O-])cc3c2c(CCCN(CC=C)CC=C)c1C(=O)[O-]. The Bertz CT molecular complexity index is 1350. The fraction of sp³-hybridized carbons (Fsp3) is 0.312. The molecule has 0 unspecified atom stereocenters. The average Bonchev–Trinajstić information content (AvgIpc) is 3.26. The van der Waals surface area contributed by atoms with Gasteiger partial charge in [-0.15, -0.1) is 26.3 Å².